The van der Waals surface area contributed by atoms with Crippen molar-refractivity contribution in [1.82, 2.24) is 4.98 Å². The van der Waals surface area contributed by atoms with Gasteiger partial charge in [-0.25, -0.2) is 4.98 Å². The largest absolute Gasteiger partial charge is 0.382 e. The fraction of sp³-hybridized carbons (Fsp3) is 0.727. The van der Waals surface area contributed by atoms with Gasteiger partial charge in [-0.2, -0.15) is 0 Å². The predicted octanol–water partition coefficient (Wildman–Crippen LogP) is 1.68. The molecule has 1 rings (SSSR count). The summed E-state index contributed by atoms with van der Waals surface area (Å²) in [6.45, 7) is 5.96. The molecule has 92 valence electrons. The molecule has 0 aliphatic carbocycles. The number of rotatable bonds is 7. The third kappa shape index (κ3) is 4.17. The molecule has 0 aliphatic rings. The summed E-state index contributed by atoms with van der Waals surface area (Å²) in [5.41, 5.74) is 6.89. The smallest absolute Gasteiger partial charge is 0.0954 e. The molecule has 0 aromatic carbocycles. The quantitative estimate of drug-likeness (QED) is 0.741. The second-order valence-electron chi connectivity index (χ2n) is 3.70. The molecule has 1 aromatic rings. The number of methoxy groups -OCH3 is 1. The Morgan fingerprint density at radius 3 is 2.69 bits per heavy atom. The third-order valence-electron chi connectivity index (χ3n) is 2.18. The van der Waals surface area contributed by atoms with Crippen molar-refractivity contribution in [3.8, 4) is 0 Å². The van der Waals surface area contributed by atoms with Crippen LogP contribution < -0.4 is 5.73 Å². The van der Waals surface area contributed by atoms with Crippen LogP contribution in [-0.4, -0.2) is 31.9 Å². The van der Waals surface area contributed by atoms with E-state index in [0.717, 1.165) is 17.1 Å². The van der Waals surface area contributed by atoms with E-state index in [1.807, 2.05) is 13.8 Å². The molecule has 1 heterocycles. The highest BCUT2D eigenvalue weighted by Crippen LogP contribution is 2.23. The van der Waals surface area contributed by atoms with E-state index >= 15 is 0 Å². The maximum atomic E-state index is 5.84. The lowest BCUT2D eigenvalue weighted by molar-refractivity contribution is 0.0722. The molecule has 0 fully saturated rings. The minimum Gasteiger partial charge on any atom is -0.382 e. The number of aryl methyl sites for hydroxylation is 1. The molecule has 0 saturated heterocycles. The van der Waals surface area contributed by atoms with Gasteiger partial charge in [0.25, 0.3) is 0 Å². The van der Waals surface area contributed by atoms with Crippen LogP contribution in [0.25, 0.3) is 0 Å². The van der Waals surface area contributed by atoms with Crippen LogP contribution in [0.15, 0.2) is 0 Å². The van der Waals surface area contributed by atoms with Crippen molar-refractivity contribution in [2.75, 3.05) is 26.9 Å². The highest BCUT2D eigenvalue weighted by molar-refractivity contribution is 7.11. The fourth-order valence-electron chi connectivity index (χ4n) is 1.40. The molecule has 0 saturated carbocycles. The van der Waals surface area contributed by atoms with Gasteiger partial charge in [-0.1, -0.05) is 0 Å². The van der Waals surface area contributed by atoms with E-state index in [1.54, 1.807) is 18.4 Å². The molecule has 5 heteroatoms. The van der Waals surface area contributed by atoms with Crippen molar-refractivity contribution in [3.63, 3.8) is 0 Å². The topological polar surface area (TPSA) is 57.4 Å². The SMILES string of the molecule is COCCOCCc1nc(C)c(C(C)N)s1. The lowest BCUT2D eigenvalue weighted by Gasteiger charge is -2.01. The highest BCUT2D eigenvalue weighted by atomic mass is 32.1. The van der Waals surface area contributed by atoms with Gasteiger partial charge in [0.2, 0.25) is 0 Å². The number of ether oxygens (including phenoxy) is 2. The Morgan fingerprint density at radius 1 is 1.38 bits per heavy atom. The van der Waals surface area contributed by atoms with Crippen LogP contribution in [0.3, 0.4) is 0 Å². The third-order valence-corrected chi connectivity index (χ3v) is 3.60. The molecule has 2 N–H and O–H groups in total. The summed E-state index contributed by atoms with van der Waals surface area (Å²) in [5.74, 6) is 0. The van der Waals surface area contributed by atoms with Crippen LogP contribution in [0.2, 0.25) is 0 Å². The standard InChI is InChI=1S/C11H20N2O2S/c1-8(12)11-9(2)13-10(16-11)4-5-15-7-6-14-3/h8H,4-7,12H2,1-3H3. The van der Waals surface area contributed by atoms with E-state index in [9.17, 15) is 0 Å². The van der Waals surface area contributed by atoms with E-state index in [2.05, 4.69) is 4.98 Å². The summed E-state index contributed by atoms with van der Waals surface area (Å²) >= 11 is 1.68. The average molecular weight is 244 g/mol. The molecule has 1 aromatic heterocycles. The second kappa shape index (κ2) is 6.96. The molecule has 4 nitrogen and oxygen atoms in total. The molecule has 16 heavy (non-hydrogen) atoms. The maximum absolute atomic E-state index is 5.84. The van der Waals surface area contributed by atoms with Crippen LogP contribution in [0.4, 0.5) is 0 Å². The summed E-state index contributed by atoms with van der Waals surface area (Å²) in [6.07, 6.45) is 0.849. The molecule has 0 radical (unpaired) electrons. The zero-order valence-electron chi connectivity index (χ0n) is 10.2. The Balaban J connectivity index is 2.34. The summed E-state index contributed by atoms with van der Waals surface area (Å²) in [5, 5.41) is 1.10. The molecule has 0 aliphatic heterocycles. The molecule has 0 amide bonds. The maximum Gasteiger partial charge on any atom is 0.0954 e. The highest BCUT2D eigenvalue weighted by Gasteiger charge is 2.10. The Hall–Kier alpha value is -0.490. The zero-order valence-corrected chi connectivity index (χ0v) is 11.0. The normalized spacial score (nSPS) is 13.0. The lowest BCUT2D eigenvalue weighted by Crippen LogP contribution is -2.04. The molecule has 0 spiro atoms. The van der Waals surface area contributed by atoms with Crippen LogP contribution >= 0.6 is 11.3 Å². The van der Waals surface area contributed by atoms with Crippen LogP contribution in [-0.2, 0) is 15.9 Å². The Kier molecular flexibility index (Phi) is 5.90. The molecular formula is C11H20N2O2S. The Morgan fingerprint density at radius 2 is 2.12 bits per heavy atom. The number of thiazole rings is 1. The summed E-state index contributed by atoms with van der Waals surface area (Å²) in [6, 6.07) is 0.0701. The van der Waals surface area contributed by atoms with E-state index in [4.69, 9.17) is 15.2 Å². The van der Waals surface area contributed by atoms with Crippen molar-refractivity contribution >= 4 is 11.3 Å². The van der Waals surface area contributed by atoms with E-state index < -0.39 is 0 Å². The first-order chi connectivity index (χ1) is 7.65. The number of nitrogens with zero attached hydrogens (tertiary/aromatic N) is 1. The van der Waals surface area contributed by atoms with E-state index in [-0.39, 0.29) is 6.04 Å². The van der Waals surface area contributed by atoms with E-state index in [0.29, 0.717) is 19.8 Å². The number of hydrogen-bond acceptors (Lipinski definition) is 5. The minimum atomic E-state index is 0.0701. The van der Waals surface area contributed by atoms with Gasteiger partial charge in [0.1, 0.15) is 0 Å². The summed E-state index contributed by atoms with van der Waals surface area (Å²) in [4.78, 5) is 5.65. The first-order valence-electron chi connectivity index (χ1n) is 5.43. The van der Waals surface area contributed by atoms with E-state index in [1.165, 1.54) is 4.88 Å². The first-order valence-corrected chi connectivity index (χ1v) is 6.25. The van der Waals surface area contributed by atoms with Crippen molar-refractivity contribution in [3.05, 3.63) is 15.6 Å². The van der Waals surface area contributed by atoms with Gasteiger partial charge >= 0.3 is 0 Å². The van der Waals surface area contributed by atoms with Crippen molar-refractivity contribution in [2.45, 2.75) is 26.3 Å². The van der Waals surface area contributed by atoms with Gasteiger partial charge in [-0.3, -0.25) is 0 Å². The number of hydrogen-bond donors (Lipinski definition) is 1. The van der Waals surface area contributed by atoms with Gasteiger partial charge in [-0.15, -0.1) is 11.3 Å². The van der Waals surface area contributed by atoms with Crippen LogP contribution in [0, 0.1) is 6.92 Å². The zero-order chi connectivity index (χ0) is 12.0. The first kappa shape index (κ1) is 13.6. The number of aromatic nitrogens is 1. The van der Waals surface area contributed by atoms with Crippen molar-refractivity contribution < 1.29 is 9.47 Å². The summed E-state index contributed by atoms with van der Waals surface area (Å²) in [7, 11) is 1.67. The summed E-state index contributed by atoms with van der Waals surface area (Å²) < 4.78 is 10.3. The average Bonchev–Trinajstić information content (AvgIpc) is 2.59. The second-order valence-corrected chi connectivity index (χ2v) is 4.82. The predicted molar refractivity (Wildman–Crippen MR) is 65.9 cm³/mol. The fourth-order valence-corrected chi connectivity index (χ4v) is 2.40. The van der Waals surface area contributed by atoms with Crippen LogP contribution in [0.5, 0.6) is 0 Å². The van der Waals surface area contributed by atoms with Gasteiger partial charge in [0, 0.05) is 24.4 Å². The molecule has 1 unspecified atom stereocenters. The Bertz CT molecular complexity index is 313. The van der Waals surface area contributed by atoms with Gasteiger partial charge < -0.3 is 15.2 Å². The number of nitrogens with two attached hydrogens (primary N) is 1. The molecule has 0 bridgehead atoms. The van der Waals surface area contributed by atoms with Gasteiger partial charge in [0.15, 0.2) is 0 Å². The van der Waals surface area contributed by atoms with Crippen molar-refractivity contribution in [1.29, 1.82) is 0 Å². The monoisotopic (exact) mass is 244 g/mol. The van der Waals surface area contributed by atoms with Crippen LogP contribution in [0.1, 0.15) is 28.5 Å². The molecule has 1 atom stereocenters. The lowest BCUT2D eigenvalue weighted by atomic mass is 10.2. The molecular weight excluding hydrogens is 224 g/mol. The Labute approximate surface area is 101 Å². The van der Waals surface area contributed by atoms with Crippen molar-refractivity contribution in [2.24, 2.45) is 5.73 Å². The minimum absolute atomic E-state index is 0.0701. The van der Waals surface area contributed by atoms with Gasteiger partial charge in [0.05, 0.1) is 30.5 Å². The van der Waals surface area contributed by atoms with Gasteiger partial charge in [-0.05, 0) is 13.8 Å².